The van der Waals surface area contributed by atoms with Crippen LogP contribution < -0.4 is 9.64 Å². The molecule has 0 bridgehead atoms. The molecule has 3 aromatic carbocycles. The number of rotatable bonds is 5. The average Bonchev–Trinajstić information content (AvgIpc) is 2.96. The number of amides is 2. The largest absolute Gasteiger partial charge is 0.492 e. The van der Waals surface area contributed by atoms with Crippen molar-refractivity contribution in [3.05, 3.63) is 71.3 Å². The van der Waals surface area contributed by atoms with E-state index in [0.29, 0.717) is 29.2 Å². The fraction of sp³-hybridized carbons (Fsp3) is 0.217. The standard InChI is InChI=1S/C23H20NO3/c1-3-10-17-16-13-8-9-14-18(16)21(27-4-2)20-19(17)22(25)24(23(20)26)15-11-6-5-7-12-15/h6-9,11-14H,3-4,10H2,1-2H3. The summed E-state index contributed by atoms with van der Waals surface area (Å²) in [6, 6.07) is 17.6. The van der Waals surface area contributed by atoms with Crippen molar-refractivity contribution in [3.63, 3.8) is 0 Å². The third-order valence-electron chi connectivity index (χ3n) is 4.86. The van der Waals surface area contributed by atoms with Crippen molar-refractivity contribution in [1.82, 2.24) is 0 Å². The first-order chi connectivity index (χ1) is 13.2. The Morgan fingerprint density at radius 1 is 0.926 bits per heavy atom. The van der Waals surface area contributed by atoms with Crippen molar-refractivity contribution in [3.8, 4) is 5.75 Å². The number of carbonyl (C=O) groups excluding carboxylic acids is 2. The molecule has 0 spiro atoms. The number of fused-ring (bicyclic) bond motifs is 2. The highest BCUT2D eigenvalue weighted by Crippen LogP contribution is 2.42. The second kappa shape index (κ2) is 6.88. The van der Waals surface area contributed by atoms with Gasteiger partial charge in [0.1, 0.15) is 5.75 Å². The summed E-state index contributed by atoms with van der Waals surface area (Å²) in [5.74, 6) is -0.101. The summed E-state index contributed by atoms with van der Waals surface area (Å²) < 4.78 is 5.89. The molecule has 0 saturated heterocycles. The number of ether oxygens (including phenoxy) is 1. The fourth-order valence-corrected chi connectivity index (χ4v) is 3.80. The molecule has 0 aliphatic carbocycles. The quantitative estimate of drug-likeness (QED) is 0.616. The molecular formula is C23H20NO3. The Balaban J connectivity index is 2.05. The molecule has 4 rings (SSSR count). The van der Waals surface area contributed by atoms with Gasteiger partial charge in [-0.25, -0.2) is 4.90 Å². The third kappa shape index (κ3) is 2.60. The molecule has 1 heterocycles. The Bertz CT molecular complexity index is 976. The van der Waals surface area contributed by atoms with Crippen LogP contribution >= 0.6 is 0 Å². The van der Waals surface area contributed by atoms with Gasteiger partial charge in [0.2, 0.25) is 0 Å². The Kier molecular flexibility index (Phi) is 4.40. The van der Waals surface area contributed by atoms with Crippen LogP contribution in [0.25, 0.3) is 10.8 Å². The third-order valence-corrected chi connectivity index (χ3v) is 4.86. The predicted molar refractivity (Wildman–Crippen MR) is 106 cm³/mol. The first-order valence-electron chi connectivity index (χ1n) is 9.24. The number of carbonyl (C=O) groups is 2. The van der Waals surface area contributed by atoms with Crippen molar-refractivity contribution in [2.45, 2.75) is 26.7 Å². The highest BCUT2D eigenvalue weighted by molar-refractivity contribution is 6.37. The lowest BCUT2D eigenvalue weighted by Gasteiger charge is -2.15. The van der Waals surface area contributed by atoms with E-state index in [0.717, 1.165) is 29.2 Å². The van der Waals surface area contributed by atoms with Crippen LogP contribution in [0.15, 0.2) is 48.5 Å². The first kappa shape index (κ1) is 17.3. The van der Waals surface area contributed by atoms with Gasteiger partial charge in [-0.05, 0) is 42.5 Å². The summed E-state index contributed by atoms with van der Waals surface area (Å²) in [4.78, 5) is 27.9. The molecule has 4 nitrogen and oxygen atoms in total. The normalized spacial score (nSPS) is 13.3. The number of aryl methyl sites for hydroxylation is 1. The summed E-state index contributed by atoms with van der Waals surface area (Å²) >= 11 is 0. The molecule has 0 atom stereocenters. The molecule has 0 N–H and O–H groups in total. The van der Waals surface area contributed by atoms with E-state index in [1.165, 1.54) is 4.90 Å². The molecule has 135 valence electrons. The van der Waals surface area contributed by atoms with Gasteiger partial charge < -0.3 is 4.74 Å². The van der Waals surface area contributed by atoms with Gasteiger partial charge in [-0.1, -0.05) is 49.7 Å². The van der Waals surface area contributed by atoms with Crippen LogP contribution in [0.5, 0.6) is 5.75 Å². The molecule has 1 radical (unpaired) electrons. The van der Waals surface area contributed by atoms with E-state index < -0.39 is 0 Å². The van der Waals surface area contributed by atoms with E-state index in [1.54, 1.807) is 24.3 Å². The molecule has 2 amide bonds. The van der Waals surface area contributed by atoms with E-state index >= 15 is 0 Å². The molecule has 0 fully saturated rings. The second-order valence-electron chi connectivity index (χ2n) is 6.49. The Morgan fingerprint density at radius 3 is 2.26 bits per heavy atom. The van der Waals surface area contributed by atoms with Gasteiger partial charge in [0.25, 0.3) is 11.8 Å². The van der Waals surface area contributed by atoms with Crippen LogP contribution in [0, 0.1) is 6.07 Å². The molecule has 4 heteroatoms. The summed E-state index contributed by atoms with van der Waals surface area (Å²) in [5.41, 5.74) is 2.34. The van der Waals surface area contributed by atoms with Crippen LogP contribution in [-0.2, 0) is 6.42 Å². The molecule has 27 heavy (non-hydrogen) atoms. The highest BCUT2D eigenvalue weighted by Gasteiger charge is 2.42. The number of benzene rings is 3. The summed E-state index contributed by atoms with van der Waals surface area (Å²) in [5, 5.41) is 1.86. The van der Waals surface area contributed by atoms with Gasteiger partial charge in [0.05, 0.1) is 23.4 Å². The van der Waals surface area contributed by atoms with Crippen molar-refractivity contribution < 1.29 is 14.3 Å². The molecule has 0 unspecified atom stereocenters. The molecular weight excluding hydrogens is 338 g/mol. The molecule has 1 aliphatic rings. The Hall–Kier alpha value is -3.14. The molecule has 0 aromatic heterocycles. The fourth-order valence-electron chi connectivity index (χ4n) is 3.80. The Labute approximate surface area is 158 Å². The summed E-state index contributed by atoms with van der Waals surface area (Å²) in [6.45, 7) is 4.38. The summed E-state index contributed by atoms with van der Waals surface area (Å²) in [6.07, 6.45) is 1.61. The van der Waals surface area contributed by atoms with Crippen molar-refractivity contribution >= 4 is 28.3 Å². The number of anilines is 1. The lowest BCUT2D eigenvalue weighted by atomic mass is 9.91. The molecule has 1 aliphatic heterocycles. The van der Waals surface area contributed by atoms with Crippen LogP contribution in [0.1, 0.15) is 46.5 Å². The maximum atomic E-state index is 13.3. The lowest BCUT2D eigenvalue weighted by molar-refractivity contribution is 0.0925. The van der Waals surface area contributed by atoms with Crippen molar-refractivity contribution in [1.29, 1.82) is 0 Å². The minimum Gasteiger partial charge on any atom is -0.492 e. The van der Waals surface area contributed by atoms with Crippen LogP contribution in [-0.4, -0.2) is 18.4 Å². The average molecular weight is 358 g/mol. The smallest absolute Gasteiger partial charge is 0.269 e. The van der Waals surface area contributed by atoms with Gasteiger partial charge in [0, 0.05) is 5.39 Å². The molecule has 0 saturated carbocycles. The molecule has 3 aromatic rings. The van der Waals surface area contributed by atoms with Crippen LogP contribution in [0.4, 0.5) is 5.69 Å². The second-order valence-corrected chi connectivity index (χ2v) is 6.49. The highest BCUT2D eigenvalue weighted by atomic mass is 16.5. The van der Waals surface area contributed by atoms with Gasteiger partial charge in [-0.3, -0.25) is 9.59 Å². The maximum absolute atomic E-state index is 13.3. The maximum Gasteiger partial charge on any atom is 0.269 e. The minimum absolute atomic E-state index is 0.281. The van der Waals surface area contributed by atoms with Gasteiger partial charge in [-0.15, -0.1) is 0 Å². The SMILES string of the molecule is CCCc1c2c(c(OCC)c3ccccc13)C(=O)N(c1cc[c]cc1)C2=O. The zero-order chi connectivity index (χ0) is 19.0. The monoisotopic (exact) mass is 358 g/mol. The Morgan fingerprint density at radius 2 is 1.59 bits per heavy atom. The number of hydrogen-bond donors (Lipinski definition) is 0. The van der Waals surface area contributed by atoms with Crippen molar-refractivity contribution in [2.75, 3.05) is 11.5 Å². The van der Waals surface area contributed by atoms with Gasteiger partial charge in [0.15, 0.2) is 0 Å². The topological polar surface area (TPSA) is 46.6 Å². The minimum atomic E-state index is -0.326. The van der Waals surface area contributed by atoms with E-state index in [9.17, 15) is 9.59 Å². The zero-order valence-corrected chi connectivity index (χ0v) is 15.4. The van der Waals surface area contributed by atoms with E-state index in [1.807, 2.05) is 31.2 Å². The number of hydrogen-bond acceptors (Lipinski definition) is 3. The van der Waals surface area contributed by atoms with Crippen LogP contribution in [0.2, 0.25) is 0 Å². The lowest BCUT2D eigenvalue weighted by Crippen LogP contribution is -2.29. The van der Waals surface area contributed by atoms with E-state index in [-0.39, 0.29) is 11.8 Å². The van der Waals surface area contributed by atoms with Crippen molar-refractivity contribution in [2.24, 2.45) is 0 Å². The van der Waals surface area contributed by atoms with Gasteiger partial charge >= 0.3 is 0 Å². The number of imide groups is 1. The summed E-state index contributed by atoms with van der Waals surface area (Å²) in [7, 11) is 0. The first-order valence-corrected chi connectivity index (χ1v) is 9.24. The predicted octanol–water partition coefficient (Wildman–Crippen LogP) is 4.79. The van der Waals surface area contributed by atoms with Crippen LogP contribution in [0.3, 0.4) is 0 Å². The van der Waals surface area contributed by atoms with Gasteiger partial charge in [-0.2, -0.15) is 0 Å². The zero-order valence-electron chi connectivity index (χ0n) is 15.4. The van der Waals surface area contributed by atoms with E-state index in [4.69, 9.17) is 4.74 Å². The van der Waals surface area contributed by atoms with E-state index in [2.05, 4.69) is 13.0 Å². The number of nitrogens with zero attached hydrogens (tertiary/aromatic N) is 1.